The Hall–Kier alpha value is -3.23. The Balaban J connectivity index is 1.90. The van der Waals surface area contributed by atoms with Crippen LogP contribution in [0.4, 0.5) is 0 Å². The van der Waals surface area contributed by atoms with Crippen LogP contribution in [0.15, 0.2) is 78.9 Å². The molecule has 0 bridgehead atoms. The molecule has 0 aliphatic heterocycles. The van der Waals surface area contributed by atoms with Crippen molar-refractivity contribution in [2.24, 2.45) is 0 Å². The van der Waals surface area contributed by atoms with E-state index in [-0.39, 0.29) is 5.78 Å². The minimum atomic E-state index is -0.0729. The van der Waals surface area contributed by atoms with E-state index in [1.807, 2.05) is 92.7 Å². The fourth-order valence-electron chi connectivity index (χ4n) is 3.50. The fraction of sp³-hybridized carbons (Fsp3) is 0.0769. The molecule has 2 nitrogen and oxygen atoms in total. The van der Waals surface area contributed by atoms with E-state index in [1.165, 1.54) is 5.56 Å². The fourth-order valence-corrected chi connectivity index (χ4v) is 3.67. The molecule has 0 saturated carbocycles. The Morgan fingerprint density at radius 3 is 2.38 bits per heavy atom. The lowest BCUT2D eigenvalue weighted by Gasteiger charge is -2.14. The Morgan fingerprint density at radius 1 is 0.931 bits per heavy atom. The number of aryl methyl sites for hydroxylation is 2. The van der Waals surface area contributed by atoms with E-state index in [0.29, 0.717) is 16.3 Å². The summed E-state index contributed by atoms with van der Waals surface area (Å²) in [7, 11) is 0. The Morgan fingerprint density at radius 2 is 1.66 bits per heavy atom. The topological polar surface area (TPSA) is 30.0 Å². The number of ketones is 1. The van der Waals surface area contributed by atoms with Crippen LogP contribution in [0.5, 0.6) is 0 Å². The molecule has 0 aliphatic carbocycles. The van der Waals surface area contributed by atoms with Crippen LogP contribution < -0.4 is 0 Å². The van der Waals surface area contributed by atoms with E-state index in [4.69, 9.17) is 11.6 Å². The molecule has 0 amide bonds. The van der Waals surface area contributed by atoms with Crippen LogP contribution in [0, 0.1) is 13.8 Å². The number of aromatic nitrogens is 1. The monoisotopic (exact) mass is 397 g/mol. The highest BCUT2D eigenvalue weighted by atomic mass is 35.5. The maximum atomic E-state index is 13.3. The van der Waals surface area contributed by atoms with Crippen LogP contribution in [0.3, 0.4) is 0 Å². The van der Waals surface area contributed by atoms with Crippen molar-refractivity contribution in [2.75, 3.05) is 0 Å². The van der Waals surface area contributed by atoms with Crippen LogP contribution in [0.1, 0.15) is 27.2 Å². The predicted octanol–water partition coefficient (Wildman–Crippen LogP) is 7.07. The van der Waals surface area contributed by atoms with Gasteiger partial charge in [0.25, 0.3) is 0 Å². The van der Waals surface area contributed by atoms with Gasteiger partial charge in [0.1, 0.15) is 0 Å². The molecule has 0 atom stereocenters. The zero-order chi connectivity index (χ0) is 20.4. The molecule has 0 aliphatic rings. The largest absolute Gasteiger partial charge is 0.289 e. The second kappa shape index (κ2) is 8.02. The van der Waals surface area contributed by atoms with Gasteiger partial charge in [-0.25, -0.2) is 0 Å². The van der Waals surface area contributed by atoms with Gasteiger partial charge in [-0.3, -0.25) is 9.78 Å². The Labute approximate surface area is 175 Å². The van der Waals surface area contributed by atoms with Crippen molar-refractivity contribution in [1.29, 1.82) is 0 Å². The first kappa shape index (κ1) is 19.1. The van der Waals surface area contributed by atoms with Crippen molar-refractivity contribution >= 4 is 34.4 Å². The summed E-state index contributed by atoms with van der Waals surface area (Å²) in [6.07, 6.45) is 3.47. The van der Waals surface area contributed by atoms with Crippen LogP contribution >= 0.6 is 11.6 Å². The third-order valence-corrected chi connectivity index (χ3v) is 5.18. The number of nitrogens with zero attached hydrogens (tertiary/aromatic N) is 1. The summed E-state index contributed by atoms with van der Waals surface area (Å²) in [5.41, 5.74) is 6.15. The smallest absolute Gasteiger partial charge is 0.188 e. The van der Waals surface area contributed by atoms with Gasteiger partial charge in [-0.2, -0.15) is 0 Å². The molecule has 1 aromatic heterocycles. The number of pyridine rings is 1. The van der Waals surface area contributed by atoms with Gasteiger partial charge in [0.15, 0.2) is 5.78 Å². The molecule has 142 valence electrons. The first-order chi connectivity index (χ1) is 14.0. The van der Waals surface area contributed by atoms with Crippen molar-refractivity contribution in [3.8, 4) is 11.1 Å². The summed E-state index contributed by atoms with van der Waals surface area (Å²) in [6, 6.07) is 23.6. The summed E-state index contributed by atoms with van der Waals surface area (Å²) in [5, 5.41) is 1.50. The summed E-state index contributed by atoms with van der Waals surface area (Å²) < 4.78 is 0. The first-order valence-electron chi connectivity index (χ1n) is 9.47. The summed E-state index contributed by atoms with van der Waals surface area (Å²) in [5.74, 6) is -0.0729. The quantitative estimate of drug-likeness (QED) is 0.272. The van der Waals surface area contributed by atoms with Crippen LogP contribution in [-0.2, 0) is 0 Å². The van der Waals surface area contributed by atoms with E-state index in [0.717, 1.165) is 27.6 Å². The molecule has 0 saturated heterocycles. The van der Waals surface area contributed by atoms with E-state index in [9.17, 15) is 4.79 Å². The zero-order valence-corrected chi connectivity index (χ0v) is 17.1. The van der Waals surface area contributed by atoms with Gasteiger partial charge in [0.2, 0.25) is 0 Å². The lowest BCUT2D eigenvalue weighted by Crippen LogP contribution is -2.05. The molecule has 3 heteroatoms. The summed E-state index contributed by atoms with van der Waals surface area (Å²) in [6.45, 7) is 3.92. The molecule has 0 unspecified atom stereocenters. The van der Waals surface area contributed by atoms with Gasteiger partial charge < -0.3 is 0 Å². The Kier molecular flexibility index (Phi) is 5.28. The van der Waals surface area contributed by atoms with Gasteiger partial charge in [-0.05, 0) is 49.2 Å². The van der Waals surface area contributed by atoms with Gasteiger partial charge in [-0.15, -0.1) is 0 Å². The summed E-state index contributed by atoms with van der Waals surface area (Å²) in [4.78, 5) is 17.9. The molecule has 4 rings (SSSR count). The highest BCUT2D eigenvalue weighted by Crippen LogP contribution is 2.35. The van der Waals surface area contributed by atoms with Crippen LogP contribution in [0.25, 0.3) is 28.1 Å². The van der Waals surface area contributed by atoms with E-state index in [1.54, 1.807) is 6.08 Å². The first-order valence-corrected chi connectivity index (χ1v) is 9.85. The average molecular weight is 398 g/mol. The number of hydrogen-bond donors (Lipinski definition) is 0. The number of allylic oxidation sites excluding steroid dienone is 1. The minimum Gasteiger partial charge on any atom is -0.289 e. The molecule has 4 aromatic rings. The number of hydrogen-bond acceptors (Lipinski definition) is 2. The van der Waals surface area contributed by atoms with Gasteiger partial charge in [0, 0.05) is 21.7 Å². The van der Waals surface area contributed by atoms with Gasteiger partial charge >= 0.3 is 0 Å². The maximum absolute atomic E-state index is 13.3. The van der Waals surface area contributed by atoms with Crippen molar-refractivity contribution < 1.29 is 4.79 Å². The van der Waals surface area contributed by atoms with Crippen molar-refractivity contribution in [3.05, 3.63) is 106 Å². The number of carbonyl (C=O) groups is 1. The molecule has 0 radical (unpaired) electrons. The minimum absolute atomic E-state index is 0.0729. The van der Waals surface area contributed by atoms with Crippen molar-refractivity contribution in [1.82, 2.24) is 4.98 Å². The second-order valence-electron chi connectivity index (χ2n) is 7.08. The van der Waals surface area contributed by atoms with E-state index < -0.39 is 0 Å². The molecule has 1 heterocycles. The van der Waals surface area contributed by atoms with E-state index >= 15 is 0 Å². The Bertz CT molecular complexity index is 1230. The molecule has 0 fully saturated rings. The van der Waals surface area contributed by atoms with E-state index in [2.05, 4.69) is 4.98 Å². The standard InChI is InChI=1S/C26H20ClNO/c1-17-8-10-19(11-9-17)12-15-24(29)25-18(2)28-23-14-13-21(27)16-22(23)26(25)20-6-4-3-5-7-20/h3-16H,1-2H3/b15-12+. The number of carbonyl (C=O) groups excluding carboxylic acids is 1. The maximum Gasteiger partial charge on any atom is 0.188 e. The molecule has 29 heavy (non-hydrogen) atoms. The molecule has 3 aromatic carbocycles. The zero-order valence-electron chi connectivity index (χ0n) is 16.3. The van der Waals surface area contributed by atoms with Crippen molar-refractivity contribution in [2.45, 2.75) is 13.8 Å². The molecule has 0 N–H and O–H groups in total. The highest BCUT2D eigenvalue weighted by Gasteiger charge is 2.19. The number of rotatable bonds is 4. The lowest BCUT2D eigenvalue weighted by molar-refractivity contribution is 0.104. The van der Waals surface area contributed by atoms with Crippen molar-refractivity contribution in [3.63, 3.8) is 0 Å². The van der Waals surface area contributed by atoms with Crippen LogP contribution in [0.2, 0.25) is 5.02 Å². The SMILES string of the molecule is Cc1ccc(/C=C/C(=O)c2c(C)nc3ccc(Cl)cc3c2-c2ccccc2)cc1. The highest BCUT2D eigenvalue weighted by molar-refractivity contribution is 6.31. The molecular weight excluding hydrogens is 378 g/mol. The normalized spacial score (nSPS) is 11.3. The predicted molar refractivity (Wildman–Crippen MR) is 121 cm³/mol. The number of benzene rings is 3. The van der Waals surface area contributed by atoms with Gasteiger partial charge in [0.05, 0.1) is 11.1 Å². The lowest BCUT2D eigenvalue weighted by atomic mass is 9.92. The van der Waals surface area contributed by atoms with Gasteiger partial charge in [-0.1, -0.05) is 77.8 Å². The number of fused-ring (bicyclic) bond motifs is 1. The second-order valence-corrected chi connectivity index (χ2v) is 7.52. The third-order valence-electron chi connectivity index (χ3n) is 4.94. The average Bonchev–Trinajstić information content (AvgIpc) is 2.73. The summed E-state index contributed by atoms with van der Waals surface area (Å²) >= 11 is 6.28. The third kappa shape index (κ3) is 3.98. The number of halogens is 1. The molecular formula is C26H20ClNO. The van der Waals surface area contributed by atoms with Crippen LogP contribution in [-0.4, -0.2) is 10.8 Å². The molecule has 0 spiro atoms.